The van der Waals surface area contributed by atoms with Crippen LogP contribution in [0.2, 0.25) is 0 Å². The van der Waals surface area contributed by atoms with Crippen molar-refractivity contribution in [2.45, 2.75) is 6.54 Å². The molecule has 0 aromatic carbocycles. The Hall–Kier alpha value is -2.21. The summed E-state index contributed by atoms with van der Waals surface area (Å²) in [6, 6.07) is 5.22. The van der Waals surface area contributed by atoms with Crippen LogP contribution in [0.25, 0.3) is 0 Å². The van der Waals surface area contributed by atoms with Crippen molar-refractivity contribution >= 4 is 5.91 Å². The lowest BCUT2D eigenvalue weighted by Crippen LogP contribution is -2.30. The van der Waals surface area contributed by atoms with E-state index in [1.54, 1.807) is 24.7 Å². The Morgan fingerprint density at radius 2 is 2.38 bits per heavy atom. The minimum absolute atomic E-state index is 0.306. The molecular weight excluding hydrogens is 206 g/mol. The van der Waals surface area contributed by atoms with E-state index in [-0.39, 0.29) is 0 Å². The van der Waals surface area contributed by atoms with Gasteiger partial charge < -0.3 is 4.57 Å². The molecule has 6 nitrogen and oxygen atoms in total. The molecule has 0 bridgehead atoms. The van der Waals surface area contributed by atoms with Gasteiger partial charge in [-0.2, -0.15) is 0 Å². The van der Waals surface area contributed by atoms with E-state index in [0.717, 1.165) is 5.69 Å². The molecule has 2 aromatic heterocycles. The van der Waals surface area contributed by atoms with Gasteiger partial charge in [0.2, 0.25) is 0 Å². The normalized spacial score (nSPS) is 10.1. The zero-order chi connectivity index (χ0) is 11.4. The summed E-state index contributed by atoms with van der Waals surface area (Å²) in [4.78, 5) is 19.4. The minimum atomic E-state index is -0.396. The highest BCUT2D eigenvalue weighted by atomic mass is 16.2. The monoisotopic (exact) mass is 217 g/mol. The summed E-state index contributed by atoms with van der Waals surface area (Å²) < 4.78 is 1.87. The molecular formula is C10H11N5O. The Morgan fingerprint density at radius 3 is 3.06 bits per heavy atom. The quantitative estimate of drug-likeness (QED) is 0.428. The van der Waals surface area contributed by atoms with Crippen molar-refractivity contribution in [1.82, 2.24) is 20.0 Å². The number of amides is 1. The fraction of sp³-hybridized carbons (Fsp3) is 0.100. The van der Waals surface area contributed by atoms with Gasteiger partial charge in [0.25, 0.3) is 5.91 Å². The topological polar surface area (TPSA) is 85.8 Å². The number of hydrogen-bond donors (Lipinski definition) is 2. The molecule has 0 fully saturated rings. The first kappa shape index (κ1) is 10.3. The van der Waals surface area contributed by atoms with Crippen LogP contribution in [0.1, 0.15) is 16.2 Å². The number of imidazole rings is 1. The Kier molecular flexibility index (Phi) is 2.93. The molecule has 1 amide bonds. The minimum Gasteiger partial charge on any atom is -0.331 e. The predicted molar refractivity (Wildman–Crippen MR) is 57.2 cm³/mol. The van der Waals surface area contributed by atoms with E-state index < -0.39 is 5.91 Å². The average Bonchev–Trinajstić information content (AvgIpc) is 2.81. The van der Waals surface area contributed by atoms with Crippen molar-refractivity contribution < 1.29 is 4.79 Å². The first-order valence-corrected chi connectivity index (χ1v) is 4.72. The second-order valence-corrected chi connectivity index (χ2v) is 3.22. The van der Waals surface area contributed by atoms with Gasteiger partial charge >= 0.3 is 0 Å². The molecule has 82 valence electrons. The number of nitrogen functional groups attached to an aromatic ring is 1. The van der Waals surface area contributed by atoms with Crippen molar-refractivity contribution in [1.29, 1.82) is 0 Å². The van der Waals surface area contributed by atoms with Gasteiger partial charge in [-0.05, 0) is 12.1 Å². The lowest BCUT2D eigenvalue weighted by molar-refractivity contribution is 0.0948. The van der Waals surface area contributed by atoms with Crippen LogP contribution in [0.3, 0.4) is 0 Å². The van der Waals surface area contributed by atoms with E-state index in [4.69, 9.17) is 5.84 Å². The van der Waals surface area contributed by atoms with Crippen LogP contribution in [0, 0.1) is 0 Å². The zero-order valence-electron chi connectivity index (χ0n) is 8.50. The smallest absolute Gasteiger partial charge is 0.283 e. The van der Waals surface area contributed by atoms with Crippen LogP contribution in [-0.2, 0) is 6.54 Å². The standard InChI is InChI=1S/C10H11N5O/c11-14-10(16)9-3-1-2-8(13-9)6-15-5-4-12-7-15/h1-5,7H,6,11H2,(H,14,16). The summed E-state index contributed by atoms with van der Waals surface area (Å²) in [6.45, 7) is 0.575. The largest absolute Gasteiger partial charge is 0.331 e. The van der Waals surface area contributed by atoms with Gasteiger partial charge in [0.15, 0.2) is 0 Å². The van der Waals surface area contributed by atoms with Crippen LogP contribution < -0.4 is 11.3 Å². The van der Waals surface area contributed by atoms with E-state index in [9.17, 15) is 4.79 Å². The molecule has 2 aromatic rings. The third kappa shape index (κ3) is 2.23. The third-order valence-electron chi connectivity index (χ3n) is 2.07. The predicted octanol–water partition coefficient (Wildman–Crippen LogP) is -0.0701. The molecule has 16 heavy (non-hydrogen) atoms. The van der Waals surface area contributed by atoms with E-state index in [1.807, 2.05) is 22.3 Å². The average molecular weight is 217 g/mol. The highest BCUT2D eigenvalue weighted by Gasteiger charge is 2.05. The maximum atomic E-state index is 11.3. The molecule has 0 atom stereocenters. The summed E-state index contributed by atoms with van der Waals surface area (Å²) in [5.41, 5.74) is 3.13. The van der Waals surface area contributed by atoms with Gasteiger partial charge in [0, 0.05) is 12.4 Å². The van der Waals surface area contributed by atoms with E-state index in [2.05, 4.69) is 9.97 Å². The van der Waals surface area contributed by atoms with E-state index in [1.165, 1.54) is 0 Å². The summed E-state index contributed by atoms with van der Waals surface area (Å²) in [6.07, 6.45) is 5.21. The molecule has 0 aliphatic rings. The van der Waals surface area contributed by atoms with Crippen LogP contribution in [-0.4, -0.2) is 20.4 Å². The third-order valence-corrected chi connectivity index (χ3v) is 2.07. The summed E-state index contributed by atoms with van der Waals surface area (Å²) >= 11 is 0. The van der Waals surface area contributed by atoms with Crippen molar-refractivity contribution in [2.24, 2.45) is 5.84 Å². The Morgan fingerprint density at radius 1 is 1.50 bits per heavy atom. The molecule has 0 aliphatic heterocycles. The molecule has 0 saturated heterocycles. The second-order valence-electron chi connectivity index (χ2n) is 3.22. The number of carbonyl (C=O) groups is 1. The molecule has 2 heterocycles. The second kappa shape index (κ2) is 4.54. The van der Waals surface area contributed by atoms with Crippen LogP contribution in [0.4, 0.5) is 0 Å². The first-order valence-electron chi connectivity index (χ1n) is 4.72. The molecule has 6 heteroatoms. The van der Waals surface area contributed by atoms with Crippen LogP contribution in [0.5, 0.6) is 0 Å². The van der Waals surface area contributed by atoms with Crippen molar-refractivity contribution in [2.75, 3.05) is 0 Å². The number of aromatic nitrogens is 3. The molecule has 0 unspecified atom stereocenters. The fourth-order valence-electron chi connectivity index (χ4n) is 1.34. The molecule has 0 aliphatic carbocycles. The van der Waals surface area contributed by atoms with Crippen LogP contribution >= 0.6 is 0 Å². The molecule has 0 radical (unpaired) electrons. The molecule has 2 rings (SSSR count). The number of hydrogen-bond acceptors (Lipinski definition) is 4. The number of nitrogens with zero attached hydrogens (tertiary/aromatic N) is 3. The highest BCUT2D eigenvalue weighted by molar-refractivity contribution is 5.91. The SMILES string of the molecule is NNC(=O)c1cccc(Cn2ccnc2)n1. The van der Waals surface area contributed by atoms with Gasteiger partial charge in [0.05, 0.1) is 18.6 Å². The van der Waals surface area contributed by atoms with Crippen molar-refractivity contribution in [3.63, 3.8) is 0 Å². The number of rotatable bonds is 3. The highest BCUT2D eigenvalue weighted by Crippen LogP contribution is 2.01. The maximum absolute atomic E-state index is 11.3. The van der Waals surface area contributed by atoms with Gasteiger partial charge in [0.1, 0.15) is 5.69 Å². The summed E-state index contributed by atoms with van der Waals surface area (Å²) in [7, 11) is 0. The Balaban J connectivity index is 2.19. The maximum Gasteiger partial charge on any atom is 0.283 e. The molecule has 0 saturated carbocycles. The van der Waals surface area contributed by atoms with Crippen molar-refractivity contribution in [3.8, 4) is 0 Å². The molecule has 3 N–H and O–H groups in total. The van der Waals surface area contributed by atoms with Gasteiger partial charge in [-0.25, -0.2) is 15.8 Å². The summed E-state index contributed by atoms with van der Waals surface area (Å²) in [5, 5.41) is 0. The lowest BCUT2D eigenvalue weighted by Gasteiger charge is -2.04. The zero-order valence-corrected chi connectivity index (χ0v) is 8.50. The van der Waals surface area contributed by atoms with Gasteiger partial charge in [-0.1, -0.05) is 6.07 Å². The number of nitrogens with two attached hydrogens (primary N) is 1. The fourth-order valence-corrected chi connectivity index (χ4v) is 1.34. The Bertz CT molecular complexity index is 480. The van der Waals surface area contributed by atoms with E-state index in [0.29, 0.717) is 12.2 Å². The number of nitrogens with one attached hydrogen (secondary N) is 1. The van der Waals surface area contributed by atoms with Crippen molar-refractivity contribution in [3.05, 3.63) is 48.3 Å². The number of hydrazine groups is 1. The van der Waals surface area contributed by atoms with Gasteiger partial charge in [-0.3, -0.25) is 10.2 Å². The van der Waals surface area contributed by atoms with Gasteiger partial charge in [-0.15, -0.1) is 0 Å². The first-order chi connectivity index (χ1) is 7.79. The van der Waals surface area contributed by atoms with Crippen LogP contribution in [0.15, 0.2) is 36.9 Å². The lowest BCUT2D eigenvalue weighted by atomic mass is 10.3. The summed E-state index contributed by atoms with van der Waals surface area (Å²) in [5.74, 6) is 4.64. The number of carbonyl (C=O) groups excluding carboxylic acids is 1. The van der Waals surface area contributed by atoms with E-state index >= 15 is 0 Å². The Labute approximate surface area is 92.1 Å². The molecule has 0 spiro atoms. The number of pyridine rings is 1.